The smallest absolute Gasteiger partial charge is 0.0797 e. The topological polar surface area (TPSA) is 38.9 Å². The van der Waals surface area contributed by atoms with Gasteiger partial charge in [-0.3, -0.25) is 0 Å². The van der Waals surface area contributed by atoms with Crippen molar-refractivity contribution in [1.82, 2.24) is 4.98 Å². The first kappa shape index (κ1) is 11.7. The van der Waals surface area contributed by atoms with Gasteiger partial charge < -0.3 is 5.73 Å². The molecule has 1 atom stereocenters. The second kappa shape index (κ2) is 4.89. The molecule has 0 radical (unpaired) electrons. The minimum absolute atomic E-state index is 0.00875. The number of rotatable bonds is 5. The molecular formula is C11H20N2S. The molecule has 0 fully saturated rings. The Balaban J connectivity index is 2.44. The van der Waals surface area contributed by atoms with Crippen molar-refractivity contribution in [3.8, 4) is 0 Å². The summed E-state index contributed by atoms with van der Waals surface area (Å²) in [5.74, 6) is 0. The van der Waals surface area contributed by atoms with Crippen molar-refractivity contribution in [2.75, 3.05) is 0 Å². The summed E-state index contributed by atoms with van der Waals surface area (Å²) < 4.78 is 0. The third-order valence-corrected chi connectivity index (χ3v) is 3.58. The second-order valence-corrected chi connectivity index (χ2v) is 5.20. The Hall–Kier alpha value is -0.410. The summed E-state index contributed by atoms with van der Waals surface area (Å²) >= 11 is 1.74. The van der Waals surface area contributed by atoms with Crippen molar-refractivity contribution in [1.29, 1.82) is 0 Å². The zero-order valence-corrected chi connectivity index (χ0v) is 10.2. The van der Waals surface area contributed by atoms with E-state index in [2.05, 4.69) is 25.8 Å². The van der Waals surface area contributed by atoms with Crippen LogP contribution in [0.1, 0.15) is 43.7 Å². The number of aromatic nitrogens is 1. The lowest BCUT2D eigenvalue weighted by Crippen LogP contribution is -2.36. The van der Waals surface area contributed by atoms with E-state index in [1.807, 2.05) is 5.51 Å². The number of hydrogen-bond donors (Lipinski definition) is 1. The fraction of sp³-hybridized carbons (Fsp3) is 0.727. The summed E-state index contributed by atoms with van der Waals surface area (Å²) in [5, 5.41) is 0. The van der Waals surface area contributed by atoms with Crippen LogP contribution in [-0.2, 0) is 6.42 Å². The van der Waals surface area contributed by atoms with Crippen molar-refractivity contribution < 1.29 is 0 Å². The first-order valence-electron chi connectivity index (χ1n) is 5.23. The molecule has 14 heavy (non-hydrogen) atoms. The molecule has 1 aromatic rings. The van der Waals surface area contributed by atoms with E-state index in [4.69, 9.17) is 5.73 Å². The van der Waals surface area contributed by atoms with Gasteiger partial charge in [0.2, 0.25) is 0 Å². The Morgan fingerprint density at radius 1 is 1.50 bits per heavy atom. The van der Waals surface area contributed by atoms with Gasteiger partial charge in [0.15, 0.2) is 0 Å². The predicted molar refractivity (Wildman–Crippen MR) is 62.7 cm³/mol. The monoisotopic (exact) mass is 212 g/mol. The van der Waals surface area contributed by atoms with Crippen LogP contribution in [0.15, 0.2) is 5.51 Å². The van der Waals surface area contributed by atoms with Gasteiger partial charge in [0.1, 0.15) is 0 Å². The van der Waals surface area contributed by atoms with Crippen LogP contribution in [0.25, 0.3) is 0 Å². The maximum Gasteiger partial charge on any atom is 0.0797 e. The minimum Gasteiger partial charge on any atom is -0.325 e. The summed E-state index contributed by atoms with van der Waals surface area (Å²) in [7, 11) is 0. The molecule has 3 heteroatoms. The van der Waals surface area contributed by atoms with Crippen LogP contribution in [0.5, 0.6) is 0 Å². The Labute approximate surface area is 90.6 Å². The zero-order valence-electron chi connectivity index (χ0n) is 9.34. The number of hydrogen-bond acceptors (Lipinski definition) is 3. The molecule has 0 spiro atoms. The predicted octanol–water partition coefficient (Wildman–Crippen LogP) is 2.90. The highest BCUT2D eigenvalue weighted by atomic mass is 32.1. The van der Waals surface area contributed by atoms with E-state index in [-0.39, 0.29) is 5.54 Å². The molecule has 1 aromatic heterocycles. The van der Waals surface area contributed by atoms with E-state index in [0.29, 0.717) is 0 Å². The maximum atomic E-state index is 6.18. The lowest BCUT2D eigenvalue weighted by atomic mass is 9.91. The quantitative estimate of drug-likeness (QED) is 0.815. The molecule has 0 amide bonds. The molecular weight excluding hydrogens is 192 g/mol. The molecule has 1 rings (SSSR count). The molecule has 1 unspecified atom stereocenters. The van der Waals surface area contributed by atoms with E-state index in [0.717, 1.165) is 25.7 Å². The molecule has 0 aromatic carbocycles. The fourth-order valence-corrected chi connectivity index (χ4v) is 2.44. The SMILES string of the molecule is CCCC(C)(N)CCc1scnc1C. The molecule has 1 heterocycles. The number of nitrogens with zero attached hydrogens (tertiary/aromatic N) is 1. The third kappa shape index (κ3) is 3.39. The number of nitrogens with two attached hydrogens (primary N) is 1. The maximum absolute atomic E-state index is 6.18. The van der Waals surface area contributed by atoms with Gasteiger partial charge in [-0.2, -0.15) is 0 Å². The largest absolute Gasteiger partial charge is 0.325 e. The van der Waals surface area contributed by atoms with Gasteiger partial charge in [0.05, 0.1) is 11.2 Å². The van der Waals surface area contributed by atoms with Gasteiger partial charge in [-0.25, -0.2) is 4.98 Å². The van der Waals surface area contributed by atoms with Crippen molar-refractivity contribution in [2.24, 2.45) is 5.73 Å². The van der Waals surface area contributed by atoms with Gasteiger partial charge in [0.25, 0.3) is 0 Å². The molecule has 2 nitrogen and oxygen atoms in total. The van der Waals surface area contributed by atoms with Crippen LogP contribution in [0.4, 0.5) is 0 Å². The lowest BCUT2D eigenvalue weighted by Gasteiger charge is -2.23. The summed E-state index contributed by atoms with van der Waals surface area (Å²) in [5.41, 5.74) is 9.25. The van der Waals surface area contributed by atoms with Crippen molar-refractivity contribution in [3.05, 3.63) is 16.1 Å². The first-order valence-corrected chi connectivity index (χ1v) is 6.11. The van der Waals surface area contributed by atoms with E-state index in [1.165, 1.54) is 10.6 Å². The minimum atomic E-state index is -0.00875. The van der Waals surface area contributed by atoms with Crippen LogP contribution in [-0.4, -0.2) is 10.5 Å². The van der Waals surface area contributed by atoms with Crippen LogP contribution in [0.2, 0.25) is 0 Å². The van der Waals surface area contributed by atoms with Crippen LogP contribution < -0.4 is 5.73 Å². The Kier molecular flexibility index (Phi) is 4.08. The lowest BCUT2D eigenvalue weighted by molar-refractivity contribution is 0.398. The van der Waals surface area contributed by atoms with Crippen LogP contribution in [0, 0.1) is 6.92 Å². The van der Waals surface area contributed by atoms with Gasteiger partial charge in [-0.15, -0.1) is 11.3 Å². The highest BCUT2D eigenvalue weighted by Crippen LogP contribution is 2.20. The normalized spacial score (nSPS) is 15.4. The summed E-state index contributed by atoms with van der Waals surface area (Å²) in [6, 6.07) is 0. The molecule has 0 saturated heterocycles. The van der Waals surface area contributed by atoms with Gasteiger partial charge >= 0.3 is 0 Å². The van der Waals surface area contributed by atoms with Crippen molar-refractivity contribution >= 4 is 11.3 Å². The van der Waals surface area contributed by atoms with Gasteiger partial charge in [-0.05, 0) is 33.1 Å². The van der Waals surface area contributed by atoms with Crippen molar-refractivity contribution in [2.45, 2.75) is 52.0 Å². The Morgan fingerprint density at radius 3 is 2.71 bits per heavy atom. The summed E-state index contributed by atoms with van der Waals surface area (Å²) in [6.07, 6.45) is 4.40. The average molecular weight is 212 g/mol. The third-order valence-electron chi connectivity index (χ3n) is 2.59. The average Bonchev–Trinajstić information content (AvgIpc) is 2.48. The van der Waals surface area contributed by atoms with Crippen molar-refractivity contribution in [3.63, 3.8) is 0 Å². The standard InChI is InChI=1S/C11H20N2S/c1-4-6-11(3,12)7-5-10-9(2)13-8-14-10/h8H,4-7,12H2,1-3H3. The van der Waals surface area contributed by atoms with Crippen LogP contribution in [0.3, 0.4) is 0 Å². The summed E-state index contributed by atoms with van der Waals surface area (Å²) in [6.45, 7) is 6.40. The molecule has 0 aliphatic heterocycles. The van der Waals surface area contributed by atoms with Gasteiger partial charge in [-0.1, -0.05) is 13.3 Å². The molecule has 80 valence electrons. The van der Waals surface area contributed by atoms with Crippen LogP contribution >= 0.6 is 11.3 Å². The molecule has 0 aliphatic carbocycles. The first-order chi connectivity index (χ1) is 6.55. The van der Waals surface area contributed by atoms with E-state index < -0.39 is 0 Å². The second-order valence-electron chi connectivity index (χ2n) is 4.26. The fourth-order valence-electron chi connectivity index (χ4n) is 1.66. The summed E-state index contributed by atoms with van der Waals surface area (Å²) in [4.78, 5) is 5.63. The highest BCUT2D eigenvalue weighted by Gasteiger charge is 2.17. The van der Waals surface area contributed by atoms with E-state index in [1.54, 1.807) is 11.3 Å². The van der Waals surface area contributed by atoms with E-state index in [9.17, 15) is 0 Å². The zero-order chi connectivity index (χ0) is 10.6. The number of thiazole rings is 1. The van der Waals surface area contributed by atoms with Gasteiger partial charge in [0, 0.05) is 10.4 Å². The molecule has 0 saturated carbocycles. The highest BCUT2D eigenvalue weighted by molar-refractivity contribution is 7.09. The number of aryl methyl sites for hydroxylation is 2. The molecule has 0 bridgehead atoms. The molecule has 0 aliphatic rings. The molecule has 2 N–H and O–H groups in total. The Bertz CT molecular complexity index is 279. The Morgan fingerprint density at radius 2 is 2.21 bits per heavy atom. The van der Waals surface area contributed by atoms with E-state index >= 15 is 0 Å².